The number of hydrogen-bond acceptors (Lipinski definition) is 4. The first-order valence-electron chi connectivity index (χ1n) is 7.22. The second-order valence-corrected chi connectivity index (χ2v) is 7.64. The normalized spacial score (nSPS) is 11.3. The second kappa shape index (κ2) is 7.66. The highest BCUT2D eigenvalue weighted by Gasteiger charge is 2.28. The van der Waals surface area contributed by atoms with Crippen molar-refractivity contribution in [2.75, 3.05) is 6.54 Å². The Hall–Kier alpha value is -2.40. The molecule has 2 aromatic rings. The summed E-state index contributed by atoms with van der Waals surface area (Å²) in [6, 6.07) is 13.0. The van der Waals surface area contributed by atoms with Gasteiger partial charge < -0.3 is 5.11 Å². The number of rotatable bonds is 6. The molecule has 0 aliphatic carbocycles. The van der Waals surface area contributed by atoms with Gasteiger partial charge in [-0.1, -0.05) is 41.9 Å². The van der Waals surface area contributed by atoms with E-state index in [2.05, 4.69) is 0 Å². The van der Waals surface area contributed by atoms with E-state index < -0.39 is 16.0 Å². The van der Waals surface area contributed by atoms with Crippen molar-refractivity contribution in [1.29, 1.82) is 5.26 Å². The van der Waals surface area contributed by atoms with E-state index in [4.69, 9.17) is 16.9 Å². The largest absolute Gasteiger partial charge is 0.478 e. The third-order valence-corrected chi connectivity index (χ3v) is 5.76. The van der Waals surface area contributed by atoms with Gasteiger partial charge in [0.2, 0.25) is 10.0 Å². The minimum atomic E-state index is -4.11. The molecule has 25 heavy (non-hydrogen) atoms. The maximum Gasteiger partial charge on any atom is 0.336 e. The zero-order valence-corrected chi connectivity index (χ0v) is 14.9. The quantitative estimate of drug-likeness (QED) is 0.779. The number of nitriles is 1. The summed E-state index contributed by atoms with van der Waals surface area (Å²) in [6.45, 7) is 1.02. The highest BCUT2D eigenvalue weighted by molar-refractivity contribution is 7.89. The maximum absolute atomic E-state index is 13.0. The summed E-state index contributed by atoms with van der Waals surface area (Å²) in [5.74, 6) is -1.27. The fourth-order valence-electron chi connectivity index (χ4n) is 2.37. The standard InChI is InChI=1S/C17H15ClN2O4S/c1-12-15(17(21)22)9-14(18)10-16(12)25(23,24)20(8-7-19)11-13-5-3-2-4-6-13/h2-6,9-10H,8,11H2,1H3,(H,21,22). The Labute approximate surface area is 150 Å². The lowest BCUT2D eigenvalue weighted by Crippen LogP contribution is -2.32. The van der Waals surface area contributed by atoms with Crippen molar-refractivity contribution < 1.29 is 18.3 Å². The molecule has 1 N–H and O–H groups in total. The number of hydrogen-bond donors (Lipinski definition) is 1. The SMILES string of the molecule is Cc1c(C(=O)O)cc(Cl)cc1S(=O)(=O)N(CC#N)Cc1ccccc1. The predicted molar refractivity (Wildman–Crippen MR) is 92.8 cm³/mol. The molecule has 0 saturated heterocycles. The van der Waals surface area contributed by atoms with Crippen LogP contribution in [0.3, 0.4) is 0 Å². The van der Waals surface area contributed by atoms with Crippen LogP contribution in [0.4, 0.5) is 0 Å². The highest BCUT2D eigenvalue weighted by atomic mass is 35.5. The molecule has 0 aliphatic heterocycles. The van der Waals surface area contributed by atoms with Crippen LogP contribution in [0.1, 0.15) is 21.5 Å². The number of sulfonamides is 1. The van der Waals surface area contributed by atoms with Crippen LogP contribution in [0.5, 0.6) is 0 Å². The van der Waals surface area contributed by atoms with Crippen LogP contribution in [-0.4, -0.2) is 30.3 Å². The number of nitrogens with zero attached hydrogens (tertiary/aromatic N) is 2. The van der Waals surface area contributed by atoms with Gasteiger partial charge in [-0.25, -0.2) is 13.2 Å². The first kappa shape index (κ1) is 18.9. The van der Waals surface area contributed by atoms with E-state index in [0.717, 1.165) is 4.31 Å². The maximum atomic E-state index is 13.0. The molecular formula is C17H15ClN2O4S. The van der Waals surface area contributed by atoms with Crippen LogP contribution >= 0.6 is 11.6 Å². The third-order valence-electron chi connectivity index (χ3n) is 3.62. The van der Waals surface area contributed by atoms with E-state index in [9.17, 15) is 18.3 Å². The average Bonchev–Trinajstić information content (AvgIpc) is 2.56. The lowest BCUT2D eigenvalue weighted by atomic mass is 10.1. The fourth-order valence-corrected chi connectivity index (χ4v) is 4.26. The molecule has 0 atom stereocenters. The third kappa shape index (κ3) is 4.17. The van der Waals surface area contributed by atoms with Crippen molar-refractivity contribution in [3.05, 3.63) is 64.2 Å². The van der Waals surface area contributed by atoms with Crippen molar-refractivity contribution >= 4 is 27.6 Å². The van der Waals surface area contributed by atoms with Crippen LogP contribution < -0.4 is 0 Å². The molecule has 130 valence electrons. The van der Waals surface area contributed by atoms with Gasteiger partial charge in [0.05, 0.1) is 16.5 Å². The average molecular weight is 379 g/mol. The highest BCUT2D eigenvalue weighted by Crippen LogP contribution is 2.28. The summed E-state index contributed by atoms with van der Waals surface area (Å²) in [6.07, 6.45) is 0. The summed E-state index contributed by atoms with van der Waals surface area (Å²) in [4.78, 5) is 11.1. The topological polar surface area (TPSA) is 98.5 Å². The van der Waals surface area contributed by atoms with Gasteiger partial charge in [0, 0.05) is 11.6 Å². The number of carboxylic acid groups (broad SMARTS) is 1. The van der Waals surface area contributed by atoms with E-state index in [1.807, 2.05) is 6.07 Å². The molecule has 6 nitrogen and oxygen atoms in total. The Balaban J connectivity index is 2.54. The van der Waals surface area contributed by atoms with Crippen molar-refractivity contribution in [2.45, 2.75) is 18.4 Å². The van der Waals surface area contributed by atoms with E-state index in [1.165, 1.54) is 19.1 Å². The Kier molecular flexibility index (Phi) is 5.80. The van der Waals surface area contributed by atoms with Crippen molar-refractivity contribution in [2.24, 2.45) is 0 Å². The van der Waals surface area contributed by atoms with E-state index in [1.54, 1.807) is 30.3 Å². The summed E-state index contributed by atoms with van der Waals surface area (Å²) in [5.41, 5.74) is 0.593. The summed E-state index contributed by atoms with van der Waals surface area (Å²) >= 11 is 5.90. The number of carboxylic acids is 1. The molecule has 0 aliphatic rings. The van der Waals surface area contributed by atoms with Crippen molar-refractivity contribution in [1.82, 2.24) is 4.31 Å². The molecule has 2 rings (SSSR count). The van der Waals surface area contributed by atoms with Gasteiger partial charge >= 0.3 is 5.97 Å². The van der Waals surface area contributed by atoms with Gasteiger partial charge in [-0.2, -0.15) is 9.57 Å². The summed E-state index contributed by atoms with van der Waals surface area (Å²) < 4.78 is 27.0. The van der Waals surface area contributed by atoms with Crippen LogP contribution in [-0.2, 0) is 16.6 Å². The van der Waals surface area contributed by atoms with E-state index in [-0.39, 0.29) is 34.1 Å². The lowest BCUT2D eigenvalue weighted by Gasteiger charge is -2.21. The van der Waals surface area contributed by atoms with Gasteiger partial charge in [0.1, 0.15) is 6.54 Å². The predicted octanol–water partition coefficient (Wildman–Crippen LogP) is 3.06. The molecule has 0 bridgehead atoms. The van der Waals surface area contributed by atoms with Crippen LogP contribution in [0.2, 0.25) is 5.02 Å². The molecule has 0 spiro atoms. The number of benzene rings is 2. The Morgan fingerprint density at radius 1 is 1.28 bits per heavy atom. The minimum absolute atomic E-state index is 0.00167. The Morgan fingerprint density at radius 2 is 1.92 bits per heavy atom. The van der Waals surface area contributed by atoms with E-state index in [0.29, 0.717) is 5.56 Å². The van der Waals surface area contributed by atoms with Crippen molar-refractivity contribution in [3.63, 3.8) is 0 Å². The first-order chi connectivity index (χ1) is 11.8. The summed E-state index contributed by atoms with van der Waals surface area (Å²) in [5, 5.41) is 18.3. The molecular weight excluding hydrogens is 364 g/mol. The van der Waals surface area contributed by atoms with Gasteiger partial charge in [0.15, 0.2) is 0 Å². The molecule has 0 radical (unpaired) electrons. The molecule has 0 fully saturated rings. The van der Waals surface area contributed by atoms with Crippen LogP contribution in [0, 0.1) is 18.3 Å². The zero-order chi connectivity index (χ0) is 18.6. The Morgan fingerprint density at radius 3 is 2.48 bits per heavy atom. The van der Waals surface area contributed by atoms with Gasteiger partial charge in [0.25, 0.3) is 0 Å². The molecule has 8 heteroatoms. The van der Waals surface area contributed by atoms with Crippen molar-refractivity contribution in [3.8, 4) is 6.07 Å². The molecule has 0 aromatic heterocycles. The fraction of sp³-hybridized carbons (Fsp3) is 0.176. The zero-order valence-electron chi connectivity index (χ0n) is 13.3. The second-order valence-electron chi connectivity index (χ2n) is 5.30. The number of aromatic carboxylic acids is 1. The molecule has 2 aromatic carbocycles. The lowest BCUT2D eigenvalue weighted by molar-refractivity contribution is 0.0695. The minimum Gasteiger partial charge on any atom is -0.478 e. The number of carbonyl (C=O) groups is 1. The van der Waals surface area contributed by atoms with Gasteiger partial charge in [-0.3, -0.25) is 0 Å². The van der Waals surface area contributed by atoms with Crippen LogP contribution in [0.15, 0.2) is 47.4 Å². The van der Waals surface area contributed by atoms with E-state index >= 15 is 0 Å². The smallest absolute Gasteiger partial charge is 0.336 e. The molecule has 0 heterocycles. The molecule has 0 unspecified atom stereocenters. The summed E-state index contributed by atoms with van der Waals surface area (Å²) in [7, 11) is -4.11. The van der Waals surface area contributed by atoms with Gasteiger partial charge in [-0.05, 0) is 30.2 Å². The van der Waals surface area contributed by atoms with Crippen LogP contribution in [0.25, 0.3) is 0 Å². The Bertz CT molecular complexity index is 937. The monoisotopic (exact) mass is 378 g/mol. The molecule has 0 amide bonds. The molecule has 0 saturated carbocycles. The van der Waals surface area contributed by atoms with Gasteiger partial charge in [-0.15, -0.1) is 0 Å². The first-order valence-corrected chi connectivity index (χ1v) is 9.03. The number of halogens is 1.